The summed E-state index contributed by atoms with van der Waals surface area (Å²) in [5.41, 5.74) is 0.797. The van der Waals surface area contributed by atoms with E-state index in [1.165, 1.54) is 51.4 Å². The van der Waals surface area contributed by atoms with Gasteiger partial charge in [-0.15, -0.1) is 0 Å². The molecule has 0 aromatic carbocycles. The Hall–Kier alpha value is 0. The van der Waals surface area contributed by atoms with Crippen molar-refractivity contribution in [2.75, 3.05) is 0 Å². The molecule has 0 N–H and O–H groups in total. The highest BCUT2D eigenvalue weighted by molar-refractivity contribution is 4.88. The van der Waals surface area contributed by atoms with Crippen LogP contribution in [-0.2, 0) is 0 Å². The molecular formula is C13H26. The Kier molecular flexibility index (Phi) is 4.28. The molecule has 0 aromatic rings. The number of hydrogen-bond donors (Lipinski definition) is 0. The minimum Gasteiger partial charge on any atom is -0.0654 e. The maximum Gasteiger partial charge on any atom is -0.0295 e. The highest BCUT2D eigenvalue weighted by Crippen LogP contribution is 2.49. The monoisotopic (exact) mass is 182 g/mol. The Morgan fingerprint density at radius 2 is 1.92 bits per heavy atom. The topological polar surface area (TPSA) is 0 Å². The zero-order chi connectivity index (χ0) is 9.73. The average Bonchev–Trinajstić information content (AvgIpc) is 2.09. The maximum atomic E-state index is 2.42. The van der Waals surface area contributed by atoms with Crippen LogP contribution in [0.5, 0.6) is 0 Å². The van der Waals surface area contributed by atoms with Gasteiger partial charge < -0.3 is 0 Å². The zero-order valence-electron chi connectivity index (χ0n) is 9.73. The van der Waals surface area contributed by atoms with Crippen molar-refractivity contribution in [2.24, 2.45) is 11.3 Å². The summed E-state index contributed by atoms with van der Waals surface area (Å²) in [5.74, 6) is 0.956. The molecule has 1 aliphatic rings. The lowest BCUT2D eigenvalue weighted by atomic mass is 9.62. The Labute approximate surface area is 84.1 Å². The molecule has 1 atom stereocenters. The molecule has 0 spiro atoms. The van der Waals surface area contributed by atoms with Gasteiger partial charge >= 0.3 is 0 Å². The Morgan fingerprint density at radius 3 is 2.31 bits per heavy atom. The first kappa shape index (κ1) is 11.1. The van der Waals surface area contributed by atoms with Crippen LogP contribution in [-0.4, -0.2) is 0 Å². The van der Waals surface area contributed by atoms with Crippen molar-refractivity contribution in [1.82, 2.24) is 0 Å². The SMILES string of the molecule is CCCCC1(CC(C)CC)CCC1. The van der Waals surface area contributed by atoms with Crippen molar-refractivity contribution < 1.29 is 0 Å². The maximum absolute atomic E-state index is 2.42. The molecule has 1 rings (SSSR count). The molecule has 78 valence electrons. The third-order valence-corrected chi connectivity index (χ3v) is 3.95. The predicted molar refractivity (Wildman–Crippen MR) is 59.9 cm³/mol. The number of rotatable bonds is 6. The van der Waals surface area contributed by atoms with E-state index in [9.17, 15) is 0 Å². The molecule has 0 amide bonds. The van der Waals surface area contributed by atoms with Crippen LogP contribution in [0.3, 0.4) is 0 Å². The van der Waals surface area contributed by atoms with Crippen LogP contribution >= 0.6 is 0 Å². The predicted octanol–water partition coefficient (Wildman–Crippen LogP) is 4.78. The van der Waals surface area contributed by atoms with E-state index in [2.05, 4.69) is 20.8 Å². The first-order valence-electron chi connectivity index (χ1n) is 6.22. The van der Waals surface area contributed by atoms with Crippen molar-refractivity contribution in [3.05, 3.63) is 0 Å². The first-order valence-corrected chi connectivity index (χ1v) is 6.22. The van der Waals surface area contributed by atoms with Crippen LogP contribution in [0.25, 0.3) is 0 Å². The Morgan fingerprint density at radius 1 is 1.23 bits per heavy atom. The fraction of sp³-hybridized carbons (Fsp3) is 1.00. The van der Waals surface area contributed by atoms with Gasteiger partial charge in [0.25, 0.3) is 0 Å². The summed E-state index contributed by atoms with van der Waals surface area (Å²) < 4.78 is 0. The first-order chi connectivity index (χ1) is 6.22. The van der Waals surface area contributed by atoms with Crippen molar-refractivity contribution >= 4 is 0 Å². The van der Waals surface area contributed by atoms with Gasteiger partial charge in [0.2, 0.25) is 0 Å². The third-order valence-electron chi connectivity index (χ3n) is 3.95. The summed E-state index contributed by atoms with van der Waals surface area (Å²) in [4.78, 5) is 0. The van der Waals surface area contributed by atoms with Crippen LogP contribution in [0.15, 0.2) is 0 Å². The van der Waals surface area contributed by atoms with Crippen molar-refractivity contribution in [1.29, 1.82) is 0 Å². The minimum absolute atomic E-state index is 0.797. The second-order valence-corrected chi connectivity index (χ2v) is 5.17. The smallest absolute Gasteiger partial charge is 0.0295 e. The van der Waals surface area contributed by atoms with Crippen LogP contribution in [0.2, 0.25) is 0 Å². The zero-order valence-corrected chi connectivity index (χ0v) is 9.73. The lowest BCUT2D eigenvalue weighted by Crippen LogP contribution is -2.31. The van der Waals surface area contributed by atoms with E-state index >= 15 is 0 Å². The van der Waals surface area contributed by atoms with E-state index in [1.807, 2.05) is 0 Å². The second-order valence-electron chi connectivity index (χ2n) is 5.17. The minimum atomic E-state index is 0.797. The van der Waals surface area contributed by atoms with Crippen LogP contribution in [0.4, 0.5) is 0 Å². The molecule has 0 bridgehead atoms. The summed E-state index contributed by atoms with van der Waals surface area (Å²) in [7, 11) is 0. The average molecular weight is 182 g/mol. The summed E-state index contributed by atoms with van der Waals surface area (Å²) in [5, 5.41) is 0. The van der Waals surface area contributed by atoms with Gasteiger partial charge in [0, 0.05) is 0 Å². The Bertz CT molecular complexity index is 133. The van der Waals surface area contributed by atoms with Gasteiger partial charge in [-0.2, -0.15) is 0 Å². The molecule has 13 heavy (non-hydrogen) atoms. The molecule has 0 aliphatic heterocycles. The molecule has 1 saturated carbocycles. The van der Waals surface area contributed by atoms with E-state index < -0.39 is 0 Å². The van der Waals surface area contributed by atoms with Crippen LogP contribution in [0.1, 0.15) is 72.1 Å². The number of unbranched alkanes of at least 4 members (excludes halogenated alkanes) is 1. The molecule has 0 saturated heterocycles. The summed E-state index contributed by atoms with van der Waals surface area (Å²) in [6.07, 6.45) is 11.8. The quantitative estimate of drug-likeness (QED) is 0.554. The van der Waals surface area contributed by atoms with Gasteiger partial charge in [-0.05, 0) is 37.0 Å². The molecule has 0 heterocycles. The van der Waals surface area contributed by atoms with E-state index in [0.717, 1.165) is 11.3 Å². The molecule has 0 radical (unpaired) electrons. The summed E-state index contributed by atoms with van der Waals surface area (Å²) >= 11 is 0. The molecule has 1 aliphatic carbocycles. The van der Waals surface area contributed by atoms with Crippen LogP contribution < -0.4 is 0 Å². The standard InChI is InChI=1S/C13H26/c1-4-6-8-13(9-7-10-13)11-12(3)5-2/h12H,4-11H2,1-3H3. The second kappa shape index (κ2) is 5.02. The molecule has 0 heteroatoms. The van der Waals surface area contributed by atoms with Gasteiger partial charge in [-0.3, -0.25) is 0 Å². The van der Waals surface area contributed by atoms with Gasteiger partial charge in [0.05, 0.1) is 0 Å². The summed E-state index contributed by atoms with van der Waals surface area (Å²) in [6, 6.07) is 0. The molecule has 1 fully saturated rings. The van der Waals surface area contributed by atoms with E-state index in [-0.39, 0.29) is 0 Å². The van der Waals surface area contributed by atoms with E-state index in [4.69, 9.17) is 0 Å². The fourth-order valence-electron chi connectivity index (χ4n) is 2.67. The van der Waals surface area contributed by atoms with Crippen molar-refractivity contribution in [3.63, 3.8) is 0 Å². The van der Waals surface area contributed by atoms with Crippen LogP contribution in [0, 0.1) is 11.3 Å². The highest BCUT2D eigenvalue weighted by atomic mass is 14.4. The van der Waals surface area contributed by atoms with Crippen molar-refractivity contribution in [3.8, 4) is 0 Å². The lowest BCUT2D eigenvalue weighted by Gasteiger charge is -2.44. The Balaban J connectivity index is 2.31. The van der Waals surface area contributed by atoms with Gasteiger partial charge in [-0.25, -0.2) is 0 Å². The van der Waals surface area contributed by atoms with E-state index in [1.54, 1.807) is 0 Å². The fourth-order valence-corrected chi connectivity index (χ4v) is 2.67. The third kappa shape index (κ3) is 3.00. The molecule has 1 unspecified atom stereocenters. The van der Waals surface area contributed by atoms with E-state index in [0.29, 0.717) is 0 Å². The van der Waals surface area contributed by atoms with Gasteiger partial charge in [0.15, 0.2) is 0 Å². The normalized spacial score (nSPS) is 22.4. The highest BCUT2D eigenvalue weighted by Gasteiger charge is 2.36. The lowest BCUT2D eigenvalue weighted by molar-refractivity contribution is 0.0807. The van der Waals surface area contributed by atoms with Crippen molar-refractivity contribution in [2.45, 2.75) is 72.1 Å². The van der Waals surface area contributed by atoms with Gasteiger partial charge in [0.1, 0.15) is 0 Å². The molecule has 0 aromatic heterocycles. The molecule has 0 nitrogen and oxygen atoms in total. The van der Waals surface area contributed by atoms with Gasteiger partial charge in [-0.1, -0.05) is 46.5 Å². The molecular weight excluding hydrogens is 156 g/mol. The largest absolute Gasteiger partial charge is 0.0654 e. The number of hydrogen-bond acceptors (Lipinski definition) is 0. The summed E-state index contributed by atoms with van der Waals surface area (Å²) in [6.45, 7) is 7.07.